The SMILES string of the molecule is CC[C@@H]([C@H](O[Si](C)(C)C)c1ccccc1)[N+](=O)[O-]. The van der Waals surface area contributed by atoms with Gasteiger partial charge in [-0.1, -0.05) is 37.3 Å². The molecule has 1 rings (SSSR count). The first-order valence-electron chi connectivity index (χ1n) is 6.21. The van der Waals surface area contributed by atoms with Crippen molar-refractivity contribution in [2.75, 3.05) is 0 Å². The van der Waals surface area contributed by atoms with Gasteiger partial charge in [-0.05, 0) is 25.2 Å². The van der Waals surface area contributed by atoms with Gasteiger partial charge in [-0.2, -0.15) is 0 Å². The monoisotopic (exact) mass is 267 g/mol. The van der Waals surface area contributed by atoms with Crippen LogP contribution in [0.1, 0.15) is 25.0 Å². The third kappa shape index (κ3) is 4.23. The highest BCUT2D eigenvalue weighted by Gasteiger charge is 2.35. The lowest BCUT2D eigenvalue weighted by Crippen LogP contribution is -2.36. The number of hydrogen-bond donors (Lipinski definition) is 0. The van der Waals surface area contributed by atoms with Crippen molar-refractivity contribution >= 4 is 8.32 Å². The Morgan fingerprint density at radius 2 is 1.83 bits per heavy atom. The molecule has 0 radical (unpaired) electrons. The summed E-state index contributed by atoms with van der Waals surface area (Å²) in [7, 11) is -1.83. The van der Waals surface area contributed by atoms with Gasteiger partial charge in [-0.15, -0.1) is 0 Å². The van der Waals surface area contributed by atoms with Crippen LogP contribution in [0.25, 0.3) is 0 Å². The van der Waals surface area contributed by atoms with E-state index in [0.717, 1.165) is 5.56 Å². The lowest BCUT2D eigenvalue weighted by Gasteiger charge is -2.28. The molecule has 0 aliphatic heterocycles. The van der Waals surface area contributed by atoms with E-state index in [2.05, 4.69) is 19.6 Å². The summed E-state index contributed by atoms with van der Waals surface area (Å²) < 4.78 is 6.04. The van der Waals surface area contributed by atoms with Gasteiger partial charge in [-0.3, -0.25) is 10.1 Å². The minimum Gasteiger partial charge on any atom is -0.404 e. The van der Waals surface area contributed by atoms with Crippen LogP contribution in [0.2, 0.25) is 19.6 Å². The molecule has 0 aromatic heterocycles. The molecule has 2 atom stereocenters. The largest absolute Gasteiger partial charge is 0.404 e. The summed E-state index contributed by atoms with van der Waals surface area (Å²) in [5, 5.41) is 11.2. The average molecular weight is 267 g/mol. The molecule has 1 aromatic rings. The van der Waals surface area contributed by atoms with Crippen molar-refractivity contribution in [3.8, 4) is 0 Å². The summed E-state index contributed by atoms with van der Waals surface area (Å²) in [6.07, 6.45) is 0.0229. The van der Waals surface area contributed by atoms with Crippen molar-refractivity contribution in [1.82, 2.24) is 0 Å². The van der Waals surface area contributed by atoms with Gasteiger partial charge in [0.25, 0.3) is 0 Å². The van der Waals surface area contributed by atoms with Crippen LogP contribution in [-0.4, -0.2) is 19.3 Å². The molecule has 0 N–H and O–H groups in total. The Morgan fingerprint density at radius 3 is 2.22 bits per heavy atom. The molecule has 0 saturated heterocycles. The molecule has 0 aliphatic rings. The van der Waals surface area contributed by atoms with E-state index in [1.54, 1.807) is 0 Å². The molecule has 0 amide bonds. The van der Waals surface area contributed by atoms with Crippen LogP contribution in [0.4, 0.5) is 0 Å². The van der Waals surface area contributed by atoms with Crippen molar-refractivity contribution in [2.45, 2.75) is 45.1 Å². The van der Waals surface area contributed by atoms with Crippen LogP contribution in [-0.2, 0) is 4.43 Å². The Kier molecular flexibility index (Phi) is 5.04. The Morgan fingerprint density at radius 1 is 1.28 bits per heavy atom. The molecular formula is C13H21NO3Si. The first-order valence-corrected chi connectivity index (χ1v) is 9.62. The molecule has 0 spiro atoms. The first kappa shape index (κ1) is 14.9. The summed E-state index contributed by atoms with van der Waals surface area (Å²) in [6.45, 7) is 7.98. The van der Waals surface area contributed by atoms with E-state index in [0.29, 0.717) is 6.42 Å². The fourth-order valence-electron chi connectivity index (χ4n) is 1.87. The number of benzene rings is 1. The second kappa shape index (κ2) is 6.11. The quantitative estimate of drug-likeness (QED) is 0.449. The predicted molar refractivity (Wildman–Crippen MR) is 74.7 cm³/mol. The Bertz CT molecular complexity index is 389. The van der Waals surface area contributed by atoms with Gasteiger partial charge in [0.05, 0.1) is 0 Å². The maximum Gasteiger partial charge on any atom is 0.241 e. The zero-order chi connectivity index (χ0) is 13.8. The molecule has 0 fully saturated rings. The molecule has 0 saturated carbocycles. The van der Waals surface area contributed by atoms with Gasteiger partial charge in [0.2, 0.25) is 6.04 Å². The van der Waals surface area contributed by atoms with E-state index in [1.165, 1.54) is 0 Å². The molecule has 0 bridgehead atoms. The third-order valence-electron chi connectivity index (χ3n) is 2.65. The van der Waals surface area contributed by atoms with Gasteiger partial charge >= 0.3 is 0 Å². The number of nitrogens with zero attached hydrogens (tertiary/aromatic N) is 1. The van der Waals surface area contributed by atoms with E-state index < -0.39 is 20.5 Å². The van der Waals surface area contributed by atoms with Crippen LogP contribution >= 0.6 is 0 Å². The Hall–Kier alpha value is -1.20. The summed E-state index contributed by atoms with van der Waals surface area (Å²) in [5.41, 5.74) is 0.892. The second-order valence-corrected chi connectivity index (χ2v) is 9.78. The first-order chi connectivity index (χ1) is 8.35. The van der Waals surface area contributed by atoms with Crippen LogP contribution in [0.5, 0.6) is 0 Å². The topological polar surface area (TPSA) is 52.4 Å². The highest BCUT2D eigenvalue weighted by Crippen LogP contribution is 2.28. The van der Waals surface area contributed by atoms with Gasteiger partial charge in [-0.25, -0.2) is 0 Å². The highest BCUT2D eigenvalue weighted by atomic mass is 28.4. The van der Waals surface area contributed by atoms with Crippen molar-refractivity contribution in [2.24, 2.45) is 0 Å². The lowest BCUT2D eigenvalue weighted by molar-refractivity contribution is -0.535. The molecule has 4 nitrogen and oxygen atoms in total. The second-order valence-electron chi connectivity index (χ2n) is 5.32. The fourth-order valence-corrected chi connectivity index (χ4v) is 2.92. The molecule has 1 aromatic carbocycles. The Balaban J connectivity index is 3.06. The smallest absolute Gasteiger partial charge is 0.241 e. The van der Waals surface area contributed by atoms with E-state index >= 15 is 0 Å². The number of hydrogen-bond acceptors (Lipinski definition) is 3. The van der Waals surface area contributed by atoms with E-state index in [9.17, 15) is 10.1 Å². The minimum absolute atomic E-state index is 0.224. The summed E-state index contributed by atoms with van der Waals surface area (Å²) in [4.78, 5) is 10.9. The zero-order valence-corrected chi connectivity index (χ0v) is 12.4. The van der Waals surface area contributed by atoms with Crippen LogP contribution < -0.4 is 0 Å². The normalized spacial score (nSPS) is 15.1. The maximum atomic E-state index is 11.2. The standard InChI is InChI=1S/C13H21NO3Si/c1-5-12(14(15)16)13(17-18(2,3)4)11-9-7-6-8-10-11/h6-10,12-13H,5H2,1-4H3/t12-,13+/m0/s1. The highest BCUT2D eigenvalue weighted by molar-refractivity contribution is 6.69. The molecular weight excluding hydrogens is 246 g/mol. The van der Waals surface area contributed by atoms with E-state index in [1.807, 2.05) is 37.3 Å². The van der Waals surface area contributed by atoms with Crippen LogP contribution in [0.3, 0.4) is 0 Å². The zero-order valence-electron chi connectivity index (χ0n) is 11.4. The van der Waals surface area contributed by atoms with Gasteiger partial charge in [0, 0.05) is 11.3 Å². The van der Waals surface area contributed by atoms with Crippen molar-refractivity contribution in [3.05, 3.63) is 46.0 Å². The molecule has 0 aliphatic carbocycles. The number of rotatable bonds is 6. The summed E-state index contributed by atoms with van der Waals surface area (Å²) in [6, 6.07) is 8.81. The molecule has 5 heteroatoms. The molecule has 0 unspecified atom stereocenters. The van der Waals surface area contributed by atoms with E-state index in [4.69, 9.17) is 4.43 Å². The summed E-state index contributed by atoms with van der Waals surface area (Å²) in [5.74, 6) is 0. The van der Waals surface area contributed by atoms with Crippen molar-refractivity contribution < 1.29 is 9.35 Å². The summed E-state index contributed by atoms with van der Waals surface area (Å²) >= 11 is 0. The third-order valence-corrected chi connectivity index (χ3v) is 3.61. The van der Waals surface area contributed by atoms with Crippen LogP contribution in [0.15, 0.2) is 30.3 Å². The Labute approximate surface area is 109 Å². The number of nitro groups is 1. The van der Waals surface area contributed by atoms with Gasteiger partial charge < -0.3 is 4.43 Å². The predicted octanol–water partition coefficient (Wildman–Crippen LogP) is 3.63. The maximum absolute atomic E-state index is 11.2. The van der Waals surface area contributed by atoms with Crippen molar-refractivity contribution in [3.63, 3.8) is 0 Å². The van der Waals surface area contributed by atoms with Crippen molar-refractivity contribution in [1.29, 1.82) is 0 Å². The average Bonchev–Trinajstić information content (AvgIpc) is 2.28. The molecule has 18 heavy (non-hydrogen) atoms. The van der Waals surface area contributed by atoms with Crippen LogP contribution in [0, 0.1) is 10.1 Å². The molecule has 100 valence electrons. The van der Waals surface area contributed by atoms with E-state index in [-0.39, 0.29) is 4.92 Å². The minimum atomic E-state index is -1.83. The van der Waals surface area contributed by atoms with Gasteiger partial charge in [0.15, 0.2) is 8.32 Å². The van der Waals surface area contributed by atoms with Gasteiger partial charge in [0.1, 0.15) is 6.10 Å². The fraction of sp³-hybridized carbons (Fsp3) is 0.538. The lowest BCUT2D eigenvalue weighted by atomic mass is 10.0. The molecule has 0 heterocycles.